The molecule has 1 aliphatic rings. The van der Waals surface area contributed by atoms with Gasteiger partial charge in [-0.05, 0) is 36.4 Å². The molecule has 5 nitrogen and oxygen atoms in total. The third-order valence-corrected chi connectivity index (χ3v) is 4.33. The number of ketones is 2. The Morgan fingerprint density at radius 3 is 1.95 bits per heavy atom. The molecule has 1 N–H and O–H groups in total. The van der Waals surface area contributed by atoms with E-state index in [4.69, 9.17) is 16.2 Å². The number of carbonyl (C=O) groups is 2. The van der Waals surface area contributed by atoms with Crippen molar-refractivity contribution < 1.29 is 22.6 Å². The lowest BCUT2D eigenvalue weighted by atomic mass is 9.84. The number of benzene rings is 2. The van der Waals surface area contributed by atoms with E-state index in [-0.39, 0.29) is 22.3 Å². The van der Waals surface area contributed by atoms with Crippen LogP contribution in [0.2, 0.25) is 5.02 Å². The van der Waals surface area contributed by atoms with Crippen molar-refractivity contribution in [1.29, 1.82) is 0 Å². The van der Waals surface area contributed by atoms with E-state index in [9.17, 15) is 18.0 Å². The van der Waals surface area contributed by atoms with E-state index in [1.165, 1.54) is 24.3 Å². The molecule has 0 saturated carbocycles. The van der Waals surface area contributed by atoms with E-state index in [2.05, 4.69) is 0 Å². The molecule has 0 heterocycles. The normalized spacial score (nSPS) is 13.8. The fraction of sp³-hybridized carbons (Fsp3) is 0. The van der Waals surface area contributed by atoms with Gasteiger partial charge in [-0.2, -0.15) is 8.42 Å². The van der Waals surface area contributed by atoms with E-state index < -0.39 is 26.6 Å². The molecule has 0 spiro atoms. The fourth-order valence-electron chi connectivity index (χ4n) is 2.26. The Labute approximate surface area is 124 Å². The molecule has 0 amide bonds. The van der Waals surface area contributed by atoms with Gasteiger partial charge in [0.2, 0.25) is 0 Å². The quantitative estimate of drug-likeness (QED) is 0.695. The molecule has 0 unspecified atom stereocenters. The van der Waals surface area contributed by atoms with Gasteiger partial charge in [-0.15, -0.1) is 0 Å². The first-order chi connectivity index (χ1) is 9.79. The van der Waals surface area contributed by atoms with Crippen LogP contribution in [0.3, 0.4) is 0 Å². The minimum absolute atomic E-state index is 0.0649. The first-order valence-electron chi connectivity index (χ1n) is 5.79. The van der Waals surface area contributed by atoms with Gasteiger partial charge in [0.15, 0.2) is 11.6 Å². The number of halogens is 1. The van der Waals surface area contributed by atoms with Crippen molar-refractivity contribution in [3.8, 4) is 0 Å². The van der Waals surface area contributed by atoms with E-state index in [0.717, 1.165) is 12.1 Å². The number of carbonyl (C=O) groups excluding carboxylic acids is 2. The summed E-state index contributed by atoms with van der Waals surface area (Å²) in [6.45, 7) is 0. The zero-order valence-electron chi connectivity index (χ0n) is 10.3. The summed E-state index contributed by atoms with van der Waals surface area (Å²) in [4.78, 5) is 24.3. The van der Waals surface area contributed by atoms with E-state index in [1.54, 1.807) is 0 Å². The molecule has 0 radical (unpaired) electrons. The highest BCUT2D eigenvalue weighted by Crippen LogP contribution is 2.30. The topological polar surface area (TPSA) is 88.5 Å². The monoisotopic (exact) mass is 322 g/mol. The molecule has 7 heteroatoms. The Morgan fingerprint density at radius 2 is 1.33 bits per heavy atom. The second-order valence-electron chi connectivity index (χ2n) is 4.53. The molecule has 1 aliphatic carbocycles. The highest BCUT2D eigenvalue weighted by Gasteiger charge is 2.30. The van der Waals surface area contributed by atoms with Crippen molar-refractivity contribution >= 4 is 33.3 Å². The van der Waals surface area contributed by atoms with Crippen LogP contribution in [0.4, 0.5) is 0 Å². The van der Waals surface area contributed by atoms with Gasteiger partial charge in [0.25, 0.3) is 10.1 Å². The van der Waals surface area contributed by atoms with Crippen molar-refractivity contribution in [3.05, 3.63) is 63.7 Å². The Kier molecular flexibility index (Phi) is 2.98. The summed E-state index contributed by atoms with van der Waals surface area (Å²) in [5.41, 5.74) is 0.371. The summed E-state index contributed by atoms with van der Waals surface area (Å²) in [6.07, 6.45) is 0. The van der Waals surface area contributed by atoms with Crippen LogP contribution >= 0.6 is 11.6 Å². The minimum atomic E-state index is -4.45. The molecule has 2 aromatic carbocycles. The van der Waals surface area contributed by atoms with Gasteiger partial charge in [-0.1, -0.05) is 11.6 Å². The van der Waals surface area contributed by atoms with Crippen LogP contribution in [0, 0.1) is 0 Å². The summed E-state index contributed by atoms with van der Waals surface area (Å²) in [5.74, 6) is -0.897. The van der Waals surface area contributed by atoms with Gasteiger partial charge >= 0.3 is 0 Å². The molecule has 2 aromatic rings. The maximum Gasteiger partial charge on any atom is 0.294 e. The summed E-state index contributed by atoms with van der Waals surface area (Å²) in [6, 6.07) is 7.62. The predicted molar refractivity (Wildman–Crippen MR) is 74.6 cm³/mol. The van der Waals surface area contributed by atoms with Crippen LogP contribution in [0.1, 0.15) is 31.8 Å². The van der Waals surface area contributed by atoms with Gasteiger partial charge in [0.1, 0.15) is 0 Å². The molecular formula is C14H7ClO5S. The van der Waals surface area contributed by atoms with Crippen molar-refractivity contribution in [1.82, 2.24) is 0 Å². The van der Waals surface area contributed by atoms with Crippen LogP contribution in [0.15, 0.2) is 41.3 Å². The lowest BCUT2D eigenvalue weighted by Gasteiger charge is -2.17. The first kappa shape index (κ1) is 13.9. The zero-order chi connectivity index (χ0) is 15.4. The highest BCUT2D eigenvalue weighted by molar-refractivity contribution is 7.85. The lowest BCUT2D eigenvalue weighted by molar-refractivity contribution is 0.0979. The lowest BCUT2D eigenvalue weighted by Crippen LogP contribution is -2.21. The predicted octanol–water partition coefficient (Wildman–Crippen LogP) is 2.36. The summed E-state index contributed by atoms with van der Waals surface area (Å²) >= 11 is 5.82. The molecule has 0 aromatic heterocycles. The van der Waals surface area contributed by atoms with Crippen LogP contribution in [-0.4, -0.2) is 24.5 Å². The zero-order valence-corrected chi connectivity index (χ0v) is 11.9. The van der Waals surface area contributed by atoms with Crippen molar-refractivity contribution in [2.24, 2.45) is 0 Å². The number of fused-ring (bicyclic) bond motifs is 2. The van der Waals surface area contributed by atoms with Crippen molar-refractivity contribution in [2.45, 2.75) is 4.90 Å². The van der Waals surface area contributed by atoms with Crippen LogP contribution in [0.5, 0.6) is 0 Å². The van der Waals surface area contributed by atoms with Crippen LogP contribution in [-0.2, 0) is 10.1 Å². The second-order valence-corrected chi connectivity index (χ2v) is 6.39. The minimum Gasteiger partial charge on any atom is -0.289 e. The molecule has 0 saturated heterocycles. The van der Waals surface area contributed by atoms with Gasteiger partial charge in [0, 0.05) is 27.3 Å². The summed E-state index contributed by atoms with van der Waals surface area (Å²) in [5, 5.41) is 0.296. The third-order valence-electron chi connectivity index (χ3n) is 3.25. The molecule has 0 aliphatic heterocycles. The molecular weight excluding hydrogens is 316 g/mol. The van der Waals surface area contributed by atoms with Crippen molar-refractivity contribution in [3.63, 3.8) is 0 Å². The number of hydrogen-bond acceptors (Lipinski definition) is 4. The Morgan fingerprint density at radius 1 is 0.810 bits per heavy atom. The Hall–Kier alpha value is -2.02. The molecule has 0 bridgehead atoms. The van der Waals surface area contributed by atoms with E-state index in [0.29, 0.717) is 5.02 Å². The standard InChI is InChI=1S/C14H7ClO5S/c15-7-1-3-9-11(5-7)14(17)12-6-8(21(18,19)20)2-4-10(12)13(9)16/h1-6H,(H,18,19,20). The fourth-order valence-corrected chi connectivity index (χ4v) is 2.94. The third kappa shape index (κ3) is 2.17. The average molecular weight is 323 g/mol. The van der Waals surface area contributed by atoms with Crippen LogP contribution < -0.4 is 0 Å². The van der Waals surface area contributed by atoms with E-state index >= 15 is 0 Å². The highest BCUT2D eigenvalue weighted by atomic mass is 35.5. The first-order valence-corrected chi connectivity index (χ1v) is 7.61. The van der Waals surface area contributed by atoms with Gasteiger partial charge in [-0.25, -0.2) is 0 Å². The Balaban J connectivity index is 2.29. The van der Waals surface area contributed by atoms with Gasteiger partial charge in [0.05, 0.1) is 4.90 Å². The Bertz CT molecular complexity index is 915. The van der Waals surface area contributed by atoms with Gasteiger partial charge in [-0.3, -0.25) is 14.1 Å². The smallest absolute Gasteiger partial charge is 0.289 e. The molecule has 3 rings (SSSR count). The number of rotatable bonds is 1. The van der Waals surface area contributed by atoms with Gasteiger partial charge < -0.3 is 0 Å². The number of hydrogen-bond donors (Lipinski definition) is 1. The maximum atomic E-state index is 12.4. The molecule has 106 valence electrons. The molecule has 0 atom stereocenters. The molecule has 0 fully saturated rings. The second kappa shape index (κ2) is 4.49. The largest absolute Gasteiger partial charge is 0.294 e. The maximum absolute atomic E-state index is 12.4. The molecule has 21 heavy (non-hydrogen) atoms. The summed E-state index contributed by atoms with van der Waals surface area (Å²) in [7, 11) is -4.45. The SMILES string of the molecule is O=C1c2ccc(Cl)cc2C(=O)c2cc(S(=O)(=O)O)ccc21. The summed E-state index contributed by atoms with van der Waals surface area (Å²) < 4.78 is 31.3. The van der Waals surface area contributed by atoms with Crippen molar-refractivity contribution in [2.75, 3.05) is 0 Å². The van der Waals surface area contributed by atoms with Crippen LogP contribution in [0.25, 0.3) is 0 Å². The van der Waals surface area contributed by atoms with E-state index in [1.807, 2.05) is 0 Å². The average Bonchev–Trinajstić information content (AvgIpc) is 2.43.